The highest BCUT2D eigenvalue weighted by Crippen LogP contribution is 2.19. The molecule has 0 aliphatic rings. The van der Waals surface area contributed by atoms with Gasteiger partial charge in [-0.3, -0.25) is 0 Å². The van der Waals surface area contributed by atoms with E-state index in [1.54, 1.807) is 6.92 Å². The van der Waals surface area contributed by atoms with Crippen LogP contribution in [0.1, 0.15) is 41.0 Å². The van der Waals surface area contributed by atoms with Gasteiger partial charge in [0.25, 0.3) is 0 Å². The summed E-state index contributed by atoms with van der Waals surface area (Å²) in [5, 5.41) is 22.6. The van der Waals surface area contributed by atoms with Crippen molar-refractivity contribution in [1.82, 2.24) is 5.06 Å². The van der Waals surface area contributed by atoms with E-state index in [0.717, 1.165) is 0 Å². The van der Waals surface area contributed by atoms with E-state index in [2.05, 4.69) is 5.16 Å². The van der Waals surface area contributed by atoms with Gasteiger partial charge in [-0.1, -0.05) is 5.16 Å². The largest absolute Gasteiger partial charge is 0.411 e. The van der Waals surface area contributed by atoms with Gasteiger partial charge in [0.1, 0.15) is 0 Å². The van der Waals surface area contributed by atoms with Crippen molar-refractivity contribution in [3.05, 3.63) is 0 Å². The molecule has 78 valence electrons. The molecule has 0 saturated carbocycles. The average Bonchev–Trinajstić information content (AvgIpc) is 2.01. The van der Waals surface area contributed by atoms with Gasteiger partial charge in [0.15, 0.2) is 0 Å². The molecule has 4 heteroatoms. The highest BCUT2D eigenvalue weighted by Gasteiger charge is 2.28. The number of oxime groups is 1. The van der Waals surface area contributed by atoms with Crippen molar-refractivity contribution in [3.8, 4) is 0 Å². The Labute approximate surface area is 79.8 Å². The zero-order chi connectivity index (χ0) is 10.6. The Morgan fingerprint density at radius 3 is 2.23 bits per heavy atom. The number of rotatable bonds is 4. The first kappa shape index (κ1) is 12.4. The summed E-state index contributed by atoms with van der Waals surface area (Å²) in [6.07, 6.45) is 0.540. The maximum absolute atomic E-state index is 9.70. The number of nitrogens with zero attached hydrogens (tertiary/aromatic N) is 2. The summed E-state index contributed by atoms with van der Waals surface area (Å²) < 4.78 is 0. The molecule has 0 heterocycles. The molecule has 2 N–H and O–H groups in total. The molecule has 0 unspecified atom stereocenters. The SMILES string of the molecule is C/C(CC(C)(C)N(O)C(C)C)=N\O. The van der Waals surface area contributed by atoms with Gasteiger partial charge in [-0.25, -0.2) is 0 Å². The van der Waals surface area contributed by atoms with Crippen molar-refractivity contribution in [2.45, 2.75) is 52.6 Å². The van der Waals surface area contributed by atoms with Crippen LogP contribution in [-0.4, -0.2) is 32.8 Å². The van der Waals surface area contributed by atoms with E-state index in [4.69, 9.17) is 5.21 Å². The molecule has 0 aliphatic heterocycles. The predicted molar refractivity (Wildman–Crippen MR) is 52.4 cm³/mol. The first-order valence-corrected chi connectivity index (χ1v) is 4.47. The number of hydrogen-bond acceptors (Lipinski definition) is 4. The van der Waals surface area contributed by atoms with Crippen LogP contribution in [-0.2, 0) is 0 Å². The van der Waals surface area contributed by atoms with Gasteiger partial charge in [0, 0.05) is 18.0 Å². The fourth-order valence-electron chi connectivity index (χ4n) is 1.44. The van der Waals surface area contributed by atoms with Crippen molar-refractivity contribution in [1.29, 1.82) is 0 Å². The quantitative estimate of drug-likeness (QED) is 0.403. The minimum absolute atomic E-state index is 0.0569. The Morgan fingerprint density at radius 1 is 1.46 bits per heavy atom. The third-order valence-electron chi connectivity index (χ3n) is 1.97. The van der Waals surface area contributed by atoms with Crippen molar-refractivity contribution in [3.63, 3.8) is 0 Å². The Bertz CT molecular complexity index is 188. The Morgan fingerprint density at radius 2 is 1.92 bits per heavy atom. The monoisotopic (exact) mass is 188 g/mol. The van der Waals surface area contributed by atoms with Crippen LogP contribution in [0.15, 0.2) is 5.16 Å². The van der Waals surface area contributed by atoms with E-state index in [0.29, 0.717) is 12.1 Å². The number of hydroxylamine groups is 2. The van der Waals surface area contributed by atoms with E-state index in [9.17, 15) is 5.21 Å². The van der Waals surface area contributed by atoms with Crippen LogP contribution >= 0.6 is 0 Å². The zero-order valence-corrected chi connectivity index (χ0v) is 9.07. The molecular formula is C9H20N2O2. The lowest BCUT2D eigenvalue weighted by Crippen LogP contribution is -2.46. The van der Waals surface area contributed by atoms with Crippen molar-refractivity contribution < 1.29 is 10.4 Å². The molecule has 0 aromatic rings. The standard InChI is InChI=1S/C9H20N2O2/c1-7(2)11(13)9(4,5)6-8(3)10-12/h7,12-13H,6H2,1-5H3/b10-8+. The summed E-state index contributed by atoms with van der Waals surface area (Å²) in [5.41, 5.74) is 0.217. The molecule has 0 bridgehead atoms. The lowest BCUT2D eigenvalue weighted by molar-refractivity contribution is -0.182. The summed E-state index contributed by atoms with van der Waals surface area (Å²) in [7, 11) is 0. The lowest BCUT2D eigenvalue weighted by atomic mass is 9.96. The topological polar surface area (TPSA) is 56.1 Å². The van der Waals surface area contributed by atoms with Gasteiger partial charge in [-0.15, -0.1) is 0 Å². The molecule has 0 fully saturated rings. The first-order chi connectivity index (χ1) is 5.81. The highest BCUT2D eigenvalue weighted by molar-refractivity contribution is 5.82. The van der Waals surface area contributed by atoms with Crippen LogP contribution in [0.5, 0.6) is 0 Å². The van der Waals surface area contributed by atoms with Crippen molar-refractivity contribution >= 4 is 5.71 Å². The average molecular weight is 188 g/mol. The fraction of sp³-hybridized carbons (Fsp3) is 0.889. The molecule has 0 spiro atoms. The number of hydrogen-bond donors (Lipinski definition) is 2. The fourth-order valence-corrected chi connectivity index (χ4v) is 1.44. The van der Waals surface area contributed by atoms with Gasteiger partial charge in [0.05, 0.1) is 5.71 Å². The van der Waals surface area contributed by atoms with Gasteiger partial charge in [-0.2, -0.15) is 5.06 Å². The summed E-state index contributed by atoms with van der Waals surface area (Å²) >= 11 is 0. The third kappa shape index (κ3) is 3.74. The minimum Gasteiger partial charge on any atom is -0.411 e. The highest BCUT2D eigenvalue weighted by atomic mass is 16.5. The maximum atomic E-state index is 9.70. The third-order valence-corrected chi connectivity index (χ3v) is 1.97. The van der Waals surface area contributed by atoms with E-state index in [1.807, 2.05) is 27.7 Å². The van der Waals surface area contributed by atoms with Crippen LogP contribution in [0.2, 0.25) is 0 Å². The molecule has 0 amide bonds. The molecule has 0 aromatic heterocycles. The predicted octanol–water partition coefficient (Wildman–Crippen LogP) is 2.10. The van der Waals surface area contributed by atoms with Gasteiger partial charge >= 0.3 is 0 Å². The van der Waals surface area contributed by atoms with E-state index in [1.165, 1.54) is 5.06 Å². The van der Waals surface area contributed by atoms with Gasteiger partial charge < -0.3 is 10.4 Å². The summed E-state index contributed by atoms with van der Waals surface area (Å²) in [6, 6.07) is 0.0569. The molecule has 4 nitrogen and oxygen atoms in total. The maximum Gasteiger partial charge on any atom is 0.0559 e. The van der Waals surface area contributed by atoms with Gasteiger partial charge in [-0.05, 0) is 34.6 Å². The Hall–Kier alpha value is -0.610. The summed E-state index contributed by atoms with van der Waals surface area (Å²) in [4.78, 5) is 0. The molecule has 0 aromatic carbocycles. The zero-order valence-electron chi connectivity index (χ0n) is 9.07. The molecule has 0 aliphatic carbocycles. The van der Waals surface area contributed by atoms with Crippen molar-refractivity contribution in [2.75, 3.05) is 0 Å². The lowest BCUT2D eigenvalue weighted by Gasteiger charge is -2.36. The molecule has 0 rings (SSSR count). The Balaban J connectivity index is 4.38. The second kappa shape index (κ2) is 4.58. The van der Waals surface area contributed by atoms with Crippen LogP contribution in [0, 0.1) is 0 Å². The Kier molecular flexibility index (Phi) is 4.36. The van der Waals surface area contributed by atoms with Crippen molar-refractivity contribution in [2.24, 2.45) is 5.16 Å². The second-order valence-corrected chi connectivity index (χ2v) is 4.26. The molecule has 0 radical (unpaired) electrons. The first-order valence-electron chi connectivity index (χ1n) is 4.47. The van der Waals surface area contributed by atoms with Crippen LogP contribution in [0.3, 0.4) is 0 Å². The molecule has 13 heavy (non-hydrogen) atoms. The van der Waals surface area contributed by atoms with Crippen LogP contribution < -0.4 is 0 Å². The van der Waals surface area contributed by atoms with E-state index < -0.39 is 5.54 Å². The summed E-state index contributed by atoms with van der Waals surface area (Å²) in [6.45, 7) is 9.36. The van der Waals surface area contributed by atoms with Crippen LogP contribution in [0.4, 0.5) is 0 Å². The molecule has 0 saturated heterocycles. The minimum atomic E-state index is -0.398. The molecule has 0 atom stereocenters. The smallest absolute Gasteiger partial charge is 0.0559 e. The van der Waals surface area contributed by atoms with Crippen LogP contribution in [0.25, 0.3) is 0 Å². The summed E-state index contributed by atoms with van der Waals surface area (Å²) in [5.74, 6) is 0. The van der Waals surface area contributed by atoms with E-state index >= 15 is 0 Å². The van der Waals surface area contributed by atoms with E-state index in [-0.39, 0.29) is 6.04 Å². The second-order valence-electron chi connectivity index (χ2n) is 4.26. The van der Waals surface area contributed by atoms with Gasteiger partial charge in [0.2, 0.25) is 0 Å². The normalized spacial score (nSPS) is 14.3. The molecular weight excluding hydrogens is 168 g/mol.